The lowest BCUT2D eigenvalue weighted by Gasteiger charge is -2.21. The van der Waals surface area contributed by atoms with Gasteiger partial charge in [0.1, 0.15) is 5.75 Å². The maximum Gasteiger partial charge on any atom is 0.271 e. The molecule has 9 heteroatoms. The fraction of sp³-hybridized carbons (Fsp3) is 0.160. The maximum atomic E-state index is 13.5. The summed E-state index contributed by atoms with van der Waals surface area (Å²) in [5.74, 6) is 0.766. The first-order chi connectivity index (χ1) is 16.2. The Kier molecular flexibility index (Phi) is 8.01. The quantitative estimate of drug-likeness (QED) is 0.361. The smallest absolute Gasteiger partial charge is 0.271 e. The second-order valence-electron chi connectivity index (χ2n) is 7.19. The number of halogens is 1. The largest absolute Gasteiger partial charge is 0.497 e. The zero-order valence-electron chi connectivity index (χ0n) is 19.1. The van der Waals surface area contributed by atoms with E-state index in [1.165, 1.54) is 57.7 Å². The Balaban J connectivity index is 2.05. The van der Waals surface area contributed by atoms with Crippen molar-refractivity contribution in [2.75, 3.05) is 25.6 Å². The van der Waals surface area contributed by atoms with Crippen LogP contribution in [0.5, 0.6) is 17.2 Å². The van der Waals surface area contributed by atoms with Crippen LogP contribution < -0.4 is 18.5 Å². The van der Waals surface area contributed by atoms with Crippen molar-refractivity contribution in [3.63, 3.8) is 0 Å². The van der Waals surface area contributed by atoms with Crippen molar-refractivity contribution in [2.24, 2.45) is 0 Å². The van der Waals surface area contributed by atoms with E-state index in [1.54, 1.807) is 36.4 Å². The number of anilines is 1. The standard InChI is InChI=1S/C25H24BrNO6S/c1-17-5-12-21(13-6-17)34(29,30)27(19-8-10-20(31-2)11-9-19)24(28)14-7-18-15-22(26)25(33-4)23(16-18)32-3/h5-16H,1-4H3/b14-7+. The lowest BCUT2D eigenvalue weighted by atomic mass is 10.2. The van der Waals surface area contributed by atoms with Crippen LogP contribution >= 0.6 is 15.9 Å². The molecule has 0 aliphatic rings. The van der Waals surface area contributed by atoms with Gasteiger partial charge in [0.15, 0.2) is 11.5 Å². The van der Waals surface area contributed by atoms with Crippen molar-refractivity contribution < 1.29 is 27.4 Å². The van der Waals surface area contributed by atoms with E-state index in [2.05, 4.69) is 15.9 Å². The van der Waals surface area contributed by atoms with E-state index >= 15 is 0 Å². The van der Waals surface area contributed by atoms with Crippen LogP contribution in [0.1, 0.15) is 11.1 Å². The van der Waals surface area contributed by atoms with E-state index in [0.717, 1.165) is 9.87 Å². The van der Waals surface area contributed by atoms with Crippen molar-refractivity contribution in [1.82, 2.24) is 0 Å². The summed E-state index contributed by atoms with van der Waals surface area (Å²) in [6, 6.07) is 15.9. The molecule has 178 valence electrons. The highest BCUT2D eigenvalue weighted by atomic mass is 79.9. The molecule has 0 bridgehead atoms. The first-order valence-electron chi connectivity index (χ1n) is 10.1. The molecule has 3 aromatic carbocycles. The minimum atomic E-state index is -4.19. The number of carbonyl (C=O) groups excluding carboxylic acids is 1. The van der Waals surface area contributed by atoms with Gasteiger partial charge in [-0.1, -0.05) is 17.7 Å². The monoisotopic (exact) mass is 545 g/mol. The molecular weight excluding hydrogens is 522 g/mol. The second kappa shape index (κ2) is 10.8. The van der Waals surface area contributed by atoms with Gasteiger partial charge in [-0.2, -0.15) is 4.31 Å². The molecule has 0 N–H and O–H groups in total. The minimum absolute atomic E-state index is 0.00419. The summed E-state index contributed by atoms with van der Waals surface area (Å²) < 4.78 is 44.2. The van der Waals surface area contributed by atoms with Crippen molar-refractivity contribution in [3.05, 3.63) is 82.3 Å². The Labute approximate surface area is 207 Å². The van der Waals surface area contributed by atoms with Crippen molar-refractivity contribution in [3.8, 4) is 17.2 Å². The molecule has 0 saturated carbocycles. The lowest BCUT2D eigenvalue weighted by Crippen LogP contribution is -2.35. The summed E-state index contributed by atoms with van der Waals surface area (Å²) in [5, 5.41) is 0. The van der Waals surface area contributed by atoms with Crippen LogP contribution in [0.3, 0.4) is 0 Å². The van der Waals surface area contributed by atoms with Gasteiger partial charge < -0.3 is 14.2 Å². The van der Waals surface area contributed by atoms with Gasteiger partial charge in [0.2, 0.25) is 0 Å². The van der Waals surface area contributed by atoms with Gasteiger partial charge >= 0.3 is 0 Å². The molecule has 3 aromatic rings. The predicted octanol–water partition coefficient (Wildman–Crippen LogP) is 5.22. The number of aryl methyl sites for hydroxylation is 1. The van der Waals surface area contributed by atoms with E-state index in [0.29, 0.717) is 27.3 Å². The van der Waals surface area contributed by atoms with Crippen LogP contribution in [0, 0.1) is 6.92 Å². The van der Waals surface area contributed by atoms with E-state index < -0.39 is 15.9 Å². The third-order valence-corrected chi connectivity index (χ3v) is 7.27. The number of amides is 1. The number of hydrogen-bond donors (Lipinski definition) is 0. The van der Waals surface area contributed by atoms with Gasteiger partial charge in [-0.05, 0) is 83.0 Å². The van der Waals surface area contributed by atoms with Gasteiger partial charge in [-0.3, -0.25) is 4.79 Å². The third-order valence-electron chi connectivity index (χ3n) is 4.94. The molecule has 3 rings (SSSR count). The molecule has 0 radical (unpaired) electrons. The number of carbonyl (C=O) groups is 1. The highest BCUT2D eigenvalue weighted by Crippen LogP contribution is 2.36. The number of rotatable bonds is 8. The molecule has 0 saturated heterocycles. The Morgan fingerprint density at radius 2 is 1.56 bits per heavy atom. The molecule has 0 aromatic heterocycles. The van der Waals surface area contributed by atoms with E-state index in [4.69, 9.17) is 14.2 Å². The number of ether oxygens (including phenoxy) is 3. The van der Waals surface area contributed by atoms with Crippen molar-refractivity contribution >= 4 is 43.6 Å². The Morgan fingerprint density at radius 3 is 2.12 bits per heavy atom. The summed E-state index contributed by atoms with van der Waals surface area (Å²) in [6.07, 6.45) is 2.71. The number of nitrogens with zero attached hydrogens (tertiary/aromatic N) is 1. The topological polar surface area (TPSA) is 82.1 Å². The summed E-state index contributed by atoms with van der Waals surface area (Å²) in [7, 11) is 0.338. The van der Waals surface area contributed by atoms with Crippen LogP contribution in [0.25, 0.3) is 6.08 Å². The van der Waals surface area contributed by atoms with Crippen molar-refractivity contribution in [1.29, 1.82) is 0 Å². The molecule has 0 unspecified atom stereocenters. The van der Waals surface area contributed by atoms with Crippen LogP contribution in [-0.2, 0) is 14.8 Å². The summed E-state index contributed by atoms with van der Waals surface area (Å²) in [6.45, 7) is 1.85. The van der Waals surface area contributed by atoms with Crippen molar-refractivity contribution in [2.45, 2.75) is 11.8 Å². The zero-order valence-corrected chi connectivity index (χ0v) is 21.5. The van der Waals surface area contributed by atoms with Gasteiger partial charge in [0, 0.05) is 6.08 Å². The highest BCUT2D eigenvalue weighted by molar-refractivity contribution is 9.10. The van der Waals surface area contributed by atoms with Gasteiger partial charge in [-0.15, -0.1) is 0 Å². The van der Waals surface area contributed by atoms with Gasteiger partial charge in [0.25, 0.3) is 15.9 Å². The van der Waals surface area contributed by atoms with Gasteiger partial charge in [-0.25, -0.2) is 8.42 Å². The maximum absolute atomic E-state index is 13.5. The molecule has 0 atom stereocenters. The van der Waals surface area contributed by atoms with Gasteiger partial charge in [0.05, 0.1) is 36.4 Å². The Bertz CT molecular complexity index is 1300. The summed E-state index contributed by atoms with van der Waals surface area (Å²) in [5.41, 5.74) is 1.70. The highest BCUT2D eigenvalue weighted by Gasteiger charge is 2.29. The van der Waals surface area contributed by atoms with Crippen LogP contribution in [0.2, 0.25) is 0 Å². The molecule has 34 heavy (non-hydrogen) atoms. The van der Waals surface area contributed by atoms with E-state index in [-0.39, 0.29) is 10.6 Å². The Hall–Kier alpha value is -3.30. The zero-order chi connectivity index (χ0) is 24.9. The number of benzene rings is 3. The molecule has 0 aliphatic carbocycles. The lowest BCUT2D eigenvalue weighted by molar-refractivity contribution is -0.113. The molecule has 7 nitrogen and oxygen atoms in total. The van der Waals surface area contributed by atoms with Crippen LogP contribution in [-0.4, -0.2) is 35.7 Å². The van der Waals surface area contributed by atoms with E-state index in [1.807, 2.05) is 6.92 Å². The molecule has 0 spiro atoms. The number of methoxy groups -OCH3 is 3. The summed E-state index contributed by atoms with van der Waals surface area (Å²) in [4.78, 5) is 13.3. The average molecular weight is 546 g/mol. The number of hydrogen-bond acceptors (Lipinski definition) is 6. The average Bonchev–Trinajstić information content (AvgIpc) is 2.83. The fourth-order valence-corrected chi connectivity index (χ4v) is 5.20. The molecule has 1 amide bonds. The minimum Gasteiger partial charge on any atom is -0.497 e. The second-order valence-corrected chi connectivity index (χ2v) is 9.83. The number of sulfonamides is 1. The molecule has 0 fully saturated rings. The SMILES string of the molecule is COc1ccc(N(C(=O)/C=C/c2cc(Br)c(OC)c(OC)c2)S(=O)(=O)c2ccc(C)cc2)cc1. The first-order valence-corrected chi connectivity index (χ1v) is 12.3. The normalized spacial score (nSPS) is 11.3. The van der Waals surface area contributed by atoms with E-state index in [9.17, 15) is 13.2 Å². The van der Waals surface area contributed by atoms with Crippen LogP contribution in [0.4, 0.5) is 5.69 Å². The Morgan fingerprint density at radius 1 is 0.912 bits per heavy atom. The molecular formula is C25H24BrNO6S. The predicted molar refractivity (Wildman–Crippen MR) is 135 cm³/mol. The fourth-order valence-electron chi connectivity index (χ4n) is 3.19. The first kappa shape index (κ1) is 25.3. The van der Waals surface area contributed by atoms with Crippen LogP contribution in [0.15, 0.2) is 76.1 Å². The molecule has 0 aliphatic heterocycles. The third kappa shape index (κ3) is 5.43. The molecule has 0 heterocycles. The summed E-state index contributed by atoms with van der Waals surface area (Å²) >= 11 is 3.41.